The quantitative estimate of drug-likeness (QED) is 0.917. The molecule has 3 unspecified atom stereocenters. The fraction of sp³-hybridized carbons (Fsp3) is 0.667. The number of aryl methyl sites for hydroxylation is 1. The lowest BCUT2D eigenvalue weighted by atomic mass is 10.2. The molecule has 19 heavy (non-hydrogen) atoms. The molecule has 0 spiro atoms. The van der Waals surface area contributed by atoms with Crippen LogP contribution in [0.2, 0.25) is 0 Å². The predicted molar refractivity (Wildman–Crippen MR) is 78.6 cm³/mol. The third kappa shape index (κ3) is 2.70. The Balaban J connectivity index is 1.49. The van der Waals surface area contributed by atoms with E-state index >= 15 is 0 Å². The Kier molecular flexibility index (Phi) is 3.63. The van der Waals surface area contributed by atoms with Gasteiger partial charge in [0.2, 0.25) is 5.91 Å². The standard InChI is InChI=1S/C15H22N2OS/c1-10-5-7-19-14(10)12-8-13(12)15(18)16-9-11-4-3-6-17(11)2/h5,7,11-13H,3-4,6,8-9H2,1-2H3,(H,16,18). The number of likely N-dealkylation sites (tertiary alicyclic amines) is 1. The summed E-state index contributed by atoms with van der Waals surface area (Å²) in [6.07, 6.45) is 3.51. The molecule has 1 N–H and O–H groups in total. The zero-order valence-electron chi connectivity index (χ0n) is 11.7. The summed E-state index contributed by atoms with van der Waals surface area (Å²) in [7, 11) is 2.15. The van der Waals surface area contributed by atoms with Crippen LogP contribution in [0.4, 0.5) is 0 Å². The lowest BCUT2D eigenvalue weighted by molar-refractivity contribution is -0.122. The molecule has 3 atom stereocenters. The van der Waals surface area contributed by atoms with Gasteiger partial charge in [0.1, 0.15) is 0 Å². The van der Waals surface area contributed by atoms with E-state index in [1.165, 1.54) is 29.8 Å². The highest BCUT2D eigenvalue weighted by Crippen LogP contribution is 2.50. The van der Waals surface area contributed by atoms with Gasteiger partial charge in [-0.25, -0.2) is 0 Å². The molecule has 4 heteroatoms. The smallest absolute Gasteiger partial charge is 0.223 e. The monoisotopic (exact) mass is 278 g/mol. The first-order valence-electron chi connectivity index (χ1n) is 7.18. The summed E-state index contributed by atoms with van der Waals surface area (Å²) in [5, 5.41) is 5.28. The molecule has 2 aliphatic rings. The number of carbonyl (C=O) groups excluding carboxylic acids is 1. The van der Waals surface area contributed by atoms with E-state index in [2.05, 4.69) is 35.6 Å². The molecule has 1 amide bonds. The molecule has 1 saturated carbocycles. The maximum Gasteiger partial charge on any atom is 0.223 e. The average molecular weight is 278 g/mol. The van der Waals surface area contributed by atoms with E-state index in [1.54, 1.807) is 11.3 Å². The molecule has 3 rings (SSSR count). The first-order valence-corrected chi connectivity index (χ1v) is 8.06. The highest BCUT2D eigenvalue weighted by atomic mass is 32.1. The van der Waals surface area contributed by atoms with Gasteiger partial charge in [-0.2, -0.15) is 0 Å². The molecule has 0 bridgehead atoms. The topological polar surface area (TPSA) is 32.3 Å². The van der Waals surface area contributed by atoms with Gasteiger partial charge in [0.25, 0.3) is 0 Å². The van der Waals surface area contributed by atoms with E-state index in [0.29, 0.717) is 12.0 Å². The van der Waals surface area contributed by atoms with Crippen molar-refractivity contribution >= 4 is 17.2 Å². The second kappa shape index (κ2) is 5.25. The molecule has 2 heterocycles. The summed E-state index contributed by atoms with van der Waals surface area (Å²) in [6.45, 7) is 4.13. The van der Waals surface area contributed by atoms with Gasteiger partial charge in [0.05, 0.1) is 0 Å². The molecule has 1 aliphatic carbocycles. The van der Waals surface area contributed by atoms with Crippen molar-refractivity contribution < 1.29 is 4.79 Å². The third-order valence-electron chi connectivity index (χ3n) is 4.55. The second-order valence-electron chi connectivity index (χ2n) is 5.94. The molecule has 0 aromatic carbocycles. The van der Waals surface area contributed by atoms with Crippen molar-refractivity contribution in [2.45, 2.75) is 38.1 Å². The number of hydrogen-bond donors (Lipinski definition) is 1. The minimum atomic E-state index is 0.226. The van der Waals surface area contributed by atoms with Crippen LogP contribution in [0.5, 0.6) is 0 Å². The summed E-state index contributed by atoms with van der Waals surface area (Å²) in [5.41, 5.74) is 1.35. The SMILES string of the molecule is Cc1ccsc1C1CC1C(=O)NCC1CCCN1C. The number of carbonyl (C=O) groups is 1. The molecular formula is C15H22N2OS. The minimum absolute atomic E-state index is 0.226. The number of likely N-dealkylation sites (N-methyl/N-ethyl adjacent to an activating group) is 1. The van der Waals surface area contributed by atoms with Gasteiger partial charge in [0, 0.05) is 29.3 Å². The minimum Gasteiger partial charge on any atom is -0.354 e. The average Bonchev–Trinajstić information content (AvgIpc) is 2.90. The molecule has 2 fully saturated rings. The Morgan fingerprint density at radius 2 is 2.42 bits per heavy atom. The van der Waals surface area contributed by atoms with Gasteiger partial charge >= 0.3 is 0 Å². The lowest BCUT2D eigenvalue weighted by Crippen LogP contribution is -2.38. The number of nitrogens with one attached hydrogen (secondary N) is 1. The largest absolute Gasteiger partial charge is 0.354 e. The zero-order chi connectivity index (χ0) is 13.4. The van der Waals surface area contributed by atoms with E-state index < -0.39 is 0 Å². The van der Waals surface area contributed by atoms with Gasteiger partial charge < -0.3 is 10.2 Å². The van der Waals surface area contributed by atoms with E-state index in [9.17, 15) is 4.79 Å². The first kappa shape index (κ1) is 13.1. The van der Waals surface area contributed by atoms with Crippen molar-refractivity contribution in [3.05, 3.63) is 21.9 Å². The van der Waals surface area contributed by atoms with E-state index in [1.807, 2.05) is 0 Å². The van der Waals surface area contributed by atoms with Gasteiger partial charge in [0.15, 0.2) is 0 Å². The van der Waals surface area contributed by atoms with Crippen LogP contribution in [-0.4, -0.2) is 37.0 Å². The summed E-state index contributed by atoms with van der Waals surface area (Å²) >= 11 is 1.80. The fourth-order valence-corrected chi connectivity index (χ4v) is 4.23. The number of amides is 1. The van der Waals surface area contributed by atoms with Gasteiger partial charge in [-0.15, -0.1) is 11.3 Å². The van der Waals surface area contributed by atoms with Crippen molar-refractivity contribution in [2.75, 3.05) is 20.1 Å². The van der Waals surface area contributed by atoms with Gasteiger partial charge in [-0.1, -0.05) is 0 Å². The Labute approximate surface area is 119 Å². The molecule has 3 nitrogen and oxygen atoms in total. The highest BCUT2D eigenvalue weighted by molar-refractivity contribution is 7.10. The van der Waals surface area contributed by atoms with Gasteiger partial charge in [-0.05, 0) is 56.8 Å². The fourth-order valence-electron chi connectivity index (χ4n) is 3.13. The Bertz CT molecular complexity index is 470. The van der Waals surface area contributed by atoms with Crippen LogP contribution in [0, 0.1) is 12.8 Å². The normalized spacial score (nSPS) is 30.5. The Morgan fingerprint density at radius 1 is 1.58 bits per heavy atom. The van der Waals surface area contributed by atoms with Crippen LogP contribution in [0.25, 0.3) is 0 Å². The molecule has 1 aliphatic heterocycles. The van der Waals surface area contributed by atoms with E-state index in [-0.39, 0.29) is 11.8 Å². The van der Waals surface area contributed by atoms with Crippen molar-refractivity contribution in [1.82, 2.24) is 10.2 Å². The maximum atomic E-state index is 12.2. The van der Waals surface area contributed by atoms with Crippen LogP contribution < -0.4 is 5.32 Å². The Morgan fingerprint density at radius 3 is 3.05 bits per heavy atom. The van der Waals surface area contributed by atoms with Crippen LogP contribution in [0.3, 0.4) is 0 Å². The number of thiophene rings is 1. The number of hydrogen-bond acceptors (Lipinski definition) is 3. The van der Waals surface area contributed by atoms with Crippen molar-refractivity contribution in [3.63, 3.8) is 0 Å². The first-order chi connectivity index (χ1) is 9.16. The van der Waals surface area contributed by atoms with Crippen LogP contribution >= 0.6 is 11.3 Å². The lowest BCUT2D eigenvalue weighted by Gasteiger charge is -2.19. The predicted octanol–water partition coefficient (Wildman–Crippen LogP) is 2.37. The summed E-state index contributed by atoms with van der Waals surface area (Å²) in [6, 6.07) is 2.70. The van der Waals surface area contributed by atoms with Crippen LogP contribution in [-0.2, 0) is 4.79 Å². The molecular weight excluding hydrogens is 256 g/mol. The maximum absolute atomic E-state index is 12.2. The van der Waals surface area contributed by atoms with Crippen LogP contribution in [0.1, 0.15) is 35.6 Å². The summed E-state index contributed by atoms with van der Waals surface area (Å²) in [4.78, 5) is 15.9. The number of nitrogens with zero attached hydrogens (tertiary/aromatic N) is 1. The third-order valence-corrected chi connectivity index (χ3v) is 5.70. The van der Waals surface area contributed by atoms with Crippen molar-refractivity contribution in [3.8, 4) is 0 Å². The van der Waals surface area contributed by atoms with E-state index in [4.69, 9.17) is 0 Å². The molecule has 1 saturated heterocycles. The summed E-state index contributed by atoms with van der Waals surface area (Å²) < 4.78 is 0. The van der Waals surface area contributed by atoms with Gasteiger partial charge in [-0.3, -0.25) is 4.79 Å². The van der Waals surface area contributed by atoms with Crippen LogP contribution in [0.15, 0.2) is 11.4 Å². The van der Waals surface area contributed by atoms with E-state index in [0.717, 1.165) is 13.0 Å². The highest BCUT2D eigenvalue weighted by Gasteiger charge is 2.45. The second-order valence-corrected chi connectivity index (χ2v) is 6.89. The molecule has 1 aromatic heterocycles. The number of rotatable bonds is 4. The van der Waals surface area contributed by atoms with Crippen molar-refractivity contribution in [2.24, 2.45) is 5.92 Å². The van der Waals surface area contributed by atoms with Crippen molar-refractivity contribution in [1.29, 1.82) is 0 Å². The zero-order valence-corrected chi connectivity index (χ0v) is 12.5. The summed E-state index contributed by atoms with van der Waals surface area (Å²) in [5.74, 6) is 0.975. The molecule has 104 valence electrons. The molecule has 0 radical (unpaired) electrons. The molecule has 1 aromatic rings. The Hall–Kier alpha value is -0.870.